The van der Waals surface area contributed by atoms with Gasteiger partial charge in [-0.3, -0.25) is 4.79 Å². The van der Waals surface area contributed by atoms with E-state index in [-0.39, 0.29) is 17.7 Å². The molecule has 0 fully saturated rings. The fourth-order valence-electron chi connectivity index (χ4n) is 1.10. The zero-order valence-corrected chi connectivity index (χ0v) is 7.40. The molecule has 5 heteroatoms. The quantitative estimate of drug-likeness (QED) is 0.612. The zero-order chi connectivity index (χ0) is 10.7. The van der Waals surface area contributed by atoms with Crippen molar-refractivity contribution in [2.75, 3.05) is 5.73 Å². The third-order valence-electron chi connectivity index (χ3n) is 1.90. The van der Waals surface area contributed by atoms with Crippen molar-refractivity contribution in [2.45, 2.75) is 12.5 Å². The number of nitrogens with two attached hydrogens (primary N) is 2. The first-order valence-electron chi connectivity index (χ1n) is 4.03. The molecule has 5 N–H and O–H groups in total. The summed E-state index contributed by atoms with van der Waals surface area (Å²) < 4.78 is 13.1. The minimum atomic E-state index is -1.17. The highest BCUT2D eigenvalue weighted by Crippen LogP contribution is 2.16. The molecule has 0 spiro atoms. The average Bonchev–Trinajstić information content (AvgIpc) is 2.11. The van der Waals surface area contributed by atoms with Crippen molar-refractivity contribution < 1.29 is 14.3 Å². The number of carbonyl (C=O) groups is 1. The van der Waals surface area contributed by atoms with E-state index < -0.39 is 17.8 Å². The summed E-state index contributed by atoms with van der Waals surface area (Å²) in [5, 5.41) is 8.54. The van der Waals surface area contributed by atoms with Crippen LogP contribution in [0.5, 0.6) is 0 Å². The molecule has 0 saturated carbocycles. The molecule has 0 saturated heterocycles. The van der Waals surface area contributed by atoms with Crippen molar-refractivity contribution in [3.8, 4) is 0 Å². The second-order valence-electron chi connectivity index (χ2n) is 2.96. The molecule has 14 heavy (non-hydrogen) atoms. The molecule has 0 aliphatic heterocycles. The second kappa shape index (κ2) is 4.06. The summed E-state index contributed by atoms with van der Waals surface area (Å²) in [5.74, 6) is -1.70. The standard InChI is InChI=1S/C9H11FN2O2/c10-6-2-1-3-7(11)5(6)4-8(12)9(13)14/h1-3,8H,4,11-12H2,(H,13,14). The SMILES string of the molecule is Nc1cccc(F)c1CC(N)C(=O)O. The van der Waals surface area contributed by atoms with Crippen LogP contribution in [0.25, 0.3) is 0 Å². The molecule has 1 atom stereocenters. The number of carboxylic acids is 1. The van der Waals surface area contributed by atoms with Crippen molar-refractivity contribution in [3.05, 3.63) is 29.6 Å². The minimum Gasteiger partial charge on any atom is -0.480 e. The summed E-state index contributed by atoms with van der Waals surface area (Å²) in [6.45, 7) is 0. The second-order valence-corrected chi connectivity index (χ2v) is 2.96. The van der Waals surface area contributed by atoms with Gasteiger partial charge in [0.05, 0.1) is 0 Å². The summed E-state index contributed by atoms with van der Waals surface area (Å²) in [5.41, 5.74) is 11.1. The van der Waals surface area contributed by atoms with Gasteiger partial charge in [-0.15, -0.1) is 0 Å². The lowest BCUT2D eigenvalue weighted by Crippen LogP contribution is -2.32. The maximum atomic E-state index is 13.1. The number of carboxylic acid groups (broad SMARTS) is 1. The molecule has 4 nitrogen and oxygen atoms in total. The van der Waals surface area contributed by atoms with Crippen LogP contribution in [0.2, 0.25) is 0 Å². The molecule has 0 aromatic heterocycles. The van der Waals surface area contributed by atoms with Gasteiger partial charge in [-0.25, -0.2) is 4.39 Å². The average molecular weight is 198 g/mol. The predicted molar refractivity (Wildman–Crippen MR) is 50.1 cm³/mol. The number of halogens is 1. The third kappa shape index (κ3) is 2.20. The molecule has 1 rings (SSSR count). The van der Waals surface area contributed by atoms with Gasteiger partial charge >= 0.3 is 5.97 Å². The van der Waals surface area contributed by atoms with E-state index in [2.05, 4.69) is 0 Å². The Morgan fingerprint density at radius 1 is 1.57 bits per heavy atom. The highest BCUT2D eigenvalue weighted by Gasteiger charge is 2.16. The van der Waals surface area contributed by atoms with Gasteiger partial charge < -0.3 is 16.6 Å². The van der Waals surface area contributed by atoms with Crippen molar-refractivity contribution in [2.24, 2.45) is 5.73 Å². The van der Waals surface area contributed by atoms with Crippen LogP contribution in [0, 0.1) is 5.82 Å². The van der Waals surface area contributed by atoms with Gasteiger partial charge in [0, 0.05) is 17.7 Å². The third-order valence-corrected chi connectivity index (χ3v) is 1.90. The zero-order valence-electron chi connectivity index (χ0n) is 7.40. The molecular formula is C9H11FN2O2. The fourth-order valence-corrected chi connectivity index (χ4v) is 1.10. The Hall–Kier alpha value is -1.62. The molecule has 0 aliphatic carbocycles. The van der Waals surface area contributed by atoms with Crippen LogP contribution in [0.1, 0.15) is 5.56 Å². The number of hydrogen-bond donors (Lipinski definition) is 3. The van der Waals surface area contributed by atoms with Gasteiger partial charge in [0.25, 0.3) is 0 Å². The van der Waals surface area contributed by atoms with Crippen molar-refractivity contribution >= 4 is 11.7 Å². The molecule has 1 unspecified atom stereocenters. The molecule has 0 radical (unpaired) electrons. The molecular weight excluding hydrogens is 187 g/mol. The van der Waals surface area contributed by atoms with Gasteiger partial charge in [0.1, 0.15) is 11.9 Å². The number of aliphatic carboxylic acids is 1. The van der Waals surface area contributed by atoms with Gasteiger partial charge in [-0.2, -0.15) is 0 Å². The Morgan fingerprint density at radius 3 is 2.71 bits per heavy atom. The minimum absolute atomic E-state index is 0.103. The number of nitrogen functional groups attached to an aromatic ring is 1. The smallest absolute Gasteiger partial charge is 0.320 e. The first kappa shape index (κ1) is 10.5. The van der Waals surface area contributed by atoms with Gasteiger partial charge in [-0.1, -0.05) is 6.07 Å². The molecule has 76 valence electrons. The molecule has 0 bridgehead atoms. The topological polar surface area (TPSA) is 89.3 Å². The van der Waals surface area contributed by atoms with Crippen LogP contribution < -0.4 is 11.5 Å². The van der Waals surface area contributed by atoms with E-state index in [0.29, 0.717) is 0 Å². The molecule has 0 aliphatic rings. The molecule has 1 aromatic carbocycles. The van der Waals surface area contributed by atoms with Crippen molar-refractivity contribution in [3.63, 3.8) is 0 Å². The summed E-state index contributed by atoms with van der Waals surface area (Å²) in [6.07, 6.45) is -0.103. The summed E-state index contributed by atoms with van der Waals surface area (Å²) in [6, 6.07) is 3.06. The van der Waals surface area contributed by atoms with E-state index >= 15 is 0 Å². The molecule has 1 aromatic rings. The highest BCUT2D eigenvalue weighted by molar-refractivity contribution is 5.74. The number of rotatable bonds is 3. The van der Waals surface area contributed by atoms with Gasteiger partial charge in [0.2, 0.25) is 0 Å². The predicted octanol–water partition coefficient (Wildman–Crippen LogP) is 0.362. The number of anilines is 1. The normalized spacial score (nSPS) is 12.4. The van der Waals surface area contributed by atoms with E-state index in [4.69, 9.17) is 16.6 Å². The van der Waals surface area contributed by atoms with Crippen LogP contribution >= 0.6 is 0 Å². The molecule has 0 heterocycles. The largest absolute Gasteiger partial charge is 0.480 e. The van der Waals surface area contributed by atoms with E-state index in [1.165, 1.54) is 18.2 Å². The van der Waals surface area contributed by atoms with Crippen LogP contribution in [0.15, 0.2) is 18.2 Å². The first-order valence-corrected chi connectivity index (χ1v) is 4.03. The maximum Gasteiger partial charge on any atom is 0.320 e. The first-order chi connectivity index (χ1) is 6.52. The monoisotopic (exact) mass is 198 g/mol. The van der Waals surface area contributed by atoms with E-state index in [9.17, 15) is 9.18 Å². The van der Waals surface area contributed by atoms with Gasteiger partial charge in [-0.05, 0) is 12.1 Å². The van der Waals surface area contributed by atoms with Crippen LogP contribution in [-0.4, -0.2) is 17.1 Å². The lowest BCUT2D eigenvalue weighted by molar-refractivity contribution is -0.138. The van der Waals surface area contributed by atoms with E-state index in [0.717, 1.165) is 0 Å². The van der Waals surface area contributed by atoms with Crippen LogP contribution in [-0.2, 0) is 11.2 Å². The lowest BCUT2D eigenvalue weighted by Gasteiger charge is -2.09. The van der Waals surface area contributed by atoms with Crippen molar-refractivity contribution in [1.29, 1.82) is 0 Å². The van der Waals surface area contributed by atoms with Crippen LogP contribution in [0.4, 0.5) is 10.1 Å². The Bertz CT molecular complexity index is 334. The Kier molecular flexibility index (Phi) is 3.03. The summed E-state index contributed by atoms with van der Waals surface area (Å²) in [4.78, 5) is 10.4. The Balaban J connectivity index is 2.91. The number of benzene rings is 1. The lowest BCUT2D eigenvalue weighted by atomic mass is 10.0. The summed E-state index contributed by atoms with van der Waals surface area (Å²) in [7, 11) is 0. The van der Waals surface area contributed by atoms with Crippen molar-refractivity contribution in [1.82, 2.24) is 0 Å². The Morgan fingerprint density at radius 2 is 2.21 bits per heavy atom. The maximum absolute atomic E-state index is 13.1. The van der Waals surface area contributed by atoms with E-state index in [1.807, 2.05) is 0 Å². The summed E-state index contributed by atoms with van der Waals surface area (Å²) >= 11 is 0. The molecule has 0 amide bonds. The van der Waals surface area contributed by atoms with Crippen LogP contribution in [0.3, 0.4) is 0 Å². The Labute approximate surface area is 80.3 Å². The number of hydrogen-bond acceptors (Lipinski definition) is 3. The van der Waals surface area contributed by atoms with Gasteiger partial charge in [0.15, 0.2) is 0 Å². The highest BCUT2D eigenvalue weighted by atomic mass is 19.1. The fraction of sp³-hybridized carbons (Fsp3) is 0.222. The van der Waals surface area contributed by atoms with E-state index in [1.54, 1.807) is 0 Å².